The first-order valence-corrected chi connectivity index (χ1v) is 5.75. The molecule has 0 aliphatic heterocycles. The Labute approximate surface area is 99.3 Å². The van der Waals surface area contributed by atoms with Gasteiger partial charge in [0, 0.05) is 24.0 Å². The standard InChI is InChI=1S/C12H16N2O3/c1-3-17-11(15)9(2)8-13-6-7-14(12(13)16)10-4-5-10/h6-7,10H,2-5,8H2,1H3. The molecular weight excluding hydrogens is 220 g/mol. The molecule has 0 N–H and O–H groups in total. The average Bonchev–Trinajstić information content (AvgIpc) is 3.07. The monoisotopic (exact) mass is 236 g/mol. The molecule has 0 radical (unpaired) electrons. The topological polar surface area (TPSA) is 53.2 Å². The molecule has 1 aromatic heterocycles. The van der Waals surface area contributed by atoms with Gasteiger partial charge in [-0.2, -0.15) is 0 Å². The predicted molar refractivity (Wildman–Crippen MR) is 62.7 cm³/mol. The number of rotatable bonds is 5. The molecule has 1 aliphatic carbocycles. The van der Waals surface area contributed by atoms with Crippen LogP contribution in [-0.4, -0.2) is 21.7 Å². The number of ether oxygens (including phenoxy) is 1. The number of carbonyl (C=O) groups excluding carboxylic acids is 1. The summed E-state index contributed by atoms with van der Waals surface area (Å²) in [5.41, 5.74) is 0.209. The number of esters is 1. The fraction of sp³-hybridized carbons (Fsp3) is 0.500. The Bertz CT molecular complexity index is 494. The van der Waals surface area contributed by atoms with Crippen molar-refractivity contribution in [3.8, 4) is 0 Å². The molecule has 1 saturated carbocycles. The Hall–Kier alpha value is -1.78. The Morgan fingerprint density at radius 3 is 2.82 bits per heavy atom. The van der Waals surface area contributed by atoms with Crippen molar-refractivity contribution in [1.82, 2.24) is 9.13 Å². The van der Waals surface area contributed by atoms with Gasteiger partial charge in [0.2, 0.25) is 0 Å². The molecule has 0 spiro atoms. The second-order valence-corrected chi connectivity index (χ2v) is 4.17. The average molecular weight is 236 g/mol. The summed E-state index contributed by atoms with van der Waals surface area (Å²) in [5.74, 6) is -0.446. The van der Waals surface area contributed by atoms with Gasteiger partial charge in [-0.3, -0.25) is 9.13 Å². The molecule has 0 amide bonds. The summed E-state index contributed by atoms with van der Waals surface area (Å²) in [6.07, 6.45) is 5.56. The van der Waals surface area contributed by atoms with Crippen LogP contribution in [0.1, 0.15) is 25.8 Å². The van der Waals surface area contributed by atoms with Crippen molar-refractivity contribution in [2.45, 2.75) is 32.4 Å². The van der Waals surface area contributed by atoms with Gasteiger partial charge >= 0.3 is 11.7 Å². The first-order chi connectivity index (χ1) is 8.13. The van der Waals surface area contributed by atoms with Crippen molar-refractivity contribution < 1.29 is 9.53 Å². The largest absolute Gasteiger partial charge is 0.463 e. The number of hydrogen-bond donors (Lipinski definition) is 0. The minimum Gasteiger partial charge on any atom is -0.463 e. The summed E-state index contributed by atoms with van der Waals surface area (Å²) in [6, 6.07) is 0.347. The van der Waals surface area contributed by atoms with Gasteiger partial charge < -0.3 is 4.74 Å². The van der Waals surface area contributed by atoms with Gasteiger partial charge in [-0.1, -0.05) is 6.58 Å². The lowest BCUT2D eigenvalue weighted by Gasteiger charge is -2.05. The molecule has 0 saturated heterocycles. The molecule has 0 bridgehead atoms. The molecule has 0 unspecified atom stereocenters. The lowest BCUT2D eigenvalue weighted by atomic mass is 10.3. The van der Waals surface area contributed by atoms with Gasteiger partial charge in [-0.05, 0) is 19.8 Å². The zero-order valence-corrected chi connectivity index (χ0v) is 9.89. The Morgan fingerprint density at radius 1 is 1.53 bits per heavy atom. The van der Waals surface area contributed by atoms with E-state index in [9.17, 15) is 9.59 Å². The van der Waals surface area contributed by atoms with Crippen LogP contribution in [0.25, 0.3) is 0 Å². The number of hydrogen-bond acceptors (Lipinski definition) is 3. The van der Waals surface area contributed by atoms with E-state index in [-0.39, 0.29) is 12.2 Å². The highest BCUT2D eigenvalue weighted by molar-refractivity contribution is 5.87. The Morgan fingerprint density at radius 2 is 2.24 bits per heavy atom. The summed E-state index contributed by atoms with van der Waals surface area (Å²) in [7, 11) is 0. The van der Waals surface area contributed by atoms with Gasteiger partial charge in [-0.25, -0.2) is 9.59 Å². The van der Waals surface area contributed by atoms with E-state index in [1.807, 2.05) is 0 Å². The van der Waals surface area contributed by atoms with Crippen LogP contribution in [0.4, 0.5) is 0 Å². The van der Waals surface area contributed by atoms with E-state index in [2.05, 4.69) is 6.58 Å². The van der Waals surface area contributed by atoms with Crippen molar-refractivity contribution in [1.29, 1.82) is 0 Å². The van der Waals surface area contributed by atoms with E-state index in [1.54, 1.807) is 23.9 Å². The molecule has 1 heterocycles. The number of imidazole rings is 1. The second kappa shape index (κ2) is 4.61. The van der Waals surface area contributed by atoms with Crippen LogP contribution in [0, 0.1) is 0 Å². The highest BCUT2D eigenvalue weighted by atomic mass is 16.5. The summed E-state index contributed by atoms with van der Waals surface area (Å²) >= 11 is 0. The fourth-order valence-electron chi connectivity index (χ4n) is 1.68. The van der Waals surface area contributed by atoms with E-state index in [0.717, 1.165) is 12.8 Å². The van der Waals surface area contributed by atoms with E-state index in [0.29, 0.717) is 18.2 Å². The third-order valence-electron chi connectivity index (χ3n) is 2.74. The molecule has 1 aromatic rings. The van der Waals surface area contributed by atoms with Crippen LogP contribution in [-0.2, 0) is 16.1 Å². The van der Waals surface area contributed by atoms with E-state index in [4.69, 9.17) is 4.74 Å². The fourth-order valence-corrected chi connectivity index (χ4v) is 1.68. The zero-order chi connectivity index (χ0) is 12.4. The number of carbonyl (C=O) groups is 1. The Kier molecular flexibility index (Phi) is 3.17. The summed E-state index contributed by atoms with van der Waals surface area (Å²) in [4.78, 5) is 23.3. The maximum absolute atomic E-state index is 11.9. The first kappa shape index (κ1) is 11.7. The molecule has 17 heavy (non-hydrogen) atoms. The molecule has 0 atom stereocenters. The maximum atomic E-state index is 11.9. The SMILES string of the molecule is C=C(Cn1ccn(C2CC2)c1=O)C(=O)OCC. The Balaban J connectivity index is 2.06. The van der Waals surface area contributed by atoms with Crippen molar-refractivity contribution in [2.24, 2.45) is 0 Å². The molecular formula is C12H16N2O3. The molecule has 2 rings (SSSR count). The predicted octanol–water partition coefficient (Wildman–Crippen LogP) is 1.10. The van der Waals surface area contributed by atoms with Gasteiger partial charge in [0.15, 0.2) is 0 Å². The molecule has 5 heteroatoms. The molecule has 0 aromatic carbocycles. The first-order valence-electron chi connectivity index (χ1n) is 5.75. The van der Waals surface area contributed by atoms with Gasteiger partial charge in [0.05, 0.1) is 13.2 Å². The molecule has 92 valence electrons. The quantitative estimate of drug-likeness (QED) is 0.568. The third kappa shape index (κ3) is 2.49. The second-order valence-electron chi connectivity index (χ2n) is 4.17. The summed E-state index contributed by atoms with van der Waals surface area (Å²) in [6.45, 7) is 5.88. The molecule has 1 aliphatic rings. The maximum Gasteiger partial charge on any atom is 0.335 e. The zero-order valence-electron chi connectivity index (χ0n) is 9.89. The van der Waals surface area contributed by atoms with Gasteiger partial charge in [-0.15, -0.1) is 0 Å². The lowest BCUT2D eigenvalue weighted by molar-refractivity contribution is -0.138. The minimum atomic E-state index is -0.446. The van der Waals surface area contributed by atoms with Crippen molar-refractivity contribution in [3.63, 3.8) is 0 Å². The highest BCUT2D eigenvalue weighted by Crippen LogP contribution is 2.33. The van der Waals surface area contributed by atoms with E-state index >= 15 is 0 Å². The van der Waals surface area contributed by atoms with Crippen molar-refractivity contribution in [2.75, 3.05) is 6.61 Å². The van der Waals surface area contributed by atoms with Crippen LogP contribution < -0.4 is 5.69 Å². The molecule has 1 fully saturated rings. The third-order valence-corrected chi connectivity index (χ3v) is 2.74. The number of aromatic nitrogens is 2. The van der Waals surface area contributed by atoms with Crippen LogP contribution >= 0.6 is 0 Å². The summed E-state index contributed by atoms with van der Waals surface area (Å²) in [5, 5.41) is 0. The van der Waals surface area contributed by atoms with Gasteiger partial charge in [0.25, 0.3) is 0 Å². The summed E-state index contributed by atoms with van der Waals surface area (Å²) < 4.78 is 8.01. The highest BCUT2D eigenvalue weighted by Gasteiger charge is 2.25. The van der Waals surface area contributed by atoms with Crippen LogP contribution in [0.15, 0.2) is 29.3 Å². The van der Waals surface area contributed by atoms with Crippen LogP contribution in [0.2, 0.25) is 0 Å². The minimum absolute atomic E-state index is 0.0852. The van der Waals surface area contributed by atoms with Crippen LogP contribution in [0.5, 0.6) is 0 Å². The smallest absolute Gasteiger partial charge is 0.335 e. The number of nitrogens with zero attached hydrogens (tertiary/aromatic N) is 2. The van der Waals surface area contributed by atoms with Crippen molar-refractivity contribution >= 4 is 5.97 Å². The van der Waals surface area contributed by atoms with Crippen molar-refractivity contribution in [3.05, 3.63) is 35.0 Å². The van der Waals surface area contributed by atoms with Crippen LogP contribution in [0.3, 0.4) is 0 Å². The molecule has 5 nitrogen and oxygen atoms in total. The lowest BCUT2D eigenvalue weighted by Crippen LogP contribution is -2.25. The van der Waals surface area contributed by atoms with E-state index in [1.165, 1.54) is 4.57 Å². The van der Waals surface area contributed by atoms with E-state index < -0.39 is 5.97 Å². The normalized spacial score (nSPS) is 14.6. The van der Waals surface area contributed by atoms with Gasteiger partial charge in [0.1, 0.15) is 0 Å².